The van der Waals surface area contributed by atoms with E-state index in [1.54, 1.807) is 10.6 Å². The molecule has 0 radical (unpaired) electrons. The zero-order valence-electron chi connectivity index (χ0n) is 22.3. The predicted octanol–water partition coefficient (Wildman–Crippen LogP) is 6.94. The third kappa shape index (κ3) is 11.9. The first kappa shape index (κ1) is 31.4. The van der Waals surface area contributed by atoms with E-state index in [2.05, 4.69) is 74.5 Å². The Bertz CT molecular complexity index is 623. The van der Waals surface area contributed by atoms with Crippen LogP contribution in [0.15, 0.2) is 60.7 Å². The molecule has 0 unspecified atom stereocenters. The van der Waals surface area contributed by atoms with E-state index in [1.807, 2.05) is 0 Å². The Hall–Kier alpha value is -0.650. The number of halogens is 1. The summed E-state index contributed by atoms with van der Waals surface area (Å²) in [4.78, 5) is 0. The fourth-order valence-electron chi connectivity index (χ4n) is 5.24. The highest BCUT2D eigenvalue weighted by Gasteiger charge is 2.41. The molecule has 0 N–H and O–H groups in total. The van der Waals surface area contributed by atoms with Crippen molar-refractivity contribution in [2.24, 2.45) is 0 Å². The molecule has 2 aromatic rings. The second-order valence-electron chi connectivity index (χ2n) is 10.0. The first-order valence-corrected chi connectivity index (χ1v) is 16.5. The molecule has 2 rings (SSSR count). The van der Waals surface area contributed by atoms with Crippen LogP contribution < -0.4 is 27.6 Å². The Kier molecular flexibility index (Phi) is 19.0. The molecule has 2 heteroatoms. The van der Waals surface area contributed by atoms with Gasteiger partial charge in [-0.3, -0.25) is 0 Å². The van der Waals surface area contributed by atoms with E-state index in [1.165, 1.54) is 115 Å². The van der Waals surface area contributed by atoms with Gasteiger partial charge in [0.2, 0.25) is 0 Å². The lowest BCUT2D eigenvalue weighted by atomic mass is 10.1. The van der Waals surface area contributed by atoms with Crippen LogP contribution in [-0.2, 0) is 0 Å². The topological polar surface area (TPSA) is 0 Å². The third-order valence-electron chi connectivity index (χ3n) is 7.29. The molecule has 0 fully saturated rings. The minimum absolute atomic E-state index is 0. The molecule has 0 spiro atoms. The van der Waals surface area contributed by atoms with Crippen LogP contribution in [0.4, 0.5) is 0 Å². The minimum atomic E-state index is -1.33. The van der Waals surface area contributed by atoms with Crippen LogP contribution in [0.1, 0.15) is 117 Å². The van der Waals surface area contributed by atoms with Crippen molar-refractivity contribution in [3.63, 3.8) is 0 Å². The summed E-state index contributed by atoms with van der Waals surface area (Å²) in [6.07, 6.45) is 25.3. The highest BCUT2D eigenvalue weighted by atomic mass is 79.9. The van der Waals surface area contributed by atoms with E-state index in [4.69, 9.17) is 0 Å². The van der Waals surface area contributed by atoms with Crippen LogP contribution in [-0.4, -0.2) is 12.3 Å². The number of unbranched alkanes of at least 4 members (excludes halogenated alkanes) is 14. The first-order valence-electron chi connectivity index (χ1n) is 14.3. The molecule has 0 nitrogen and oxygen atoms in total. The van der Waals surface area contributed by atoms with Crippen molar-refractivity contribution in [3.8, 4) is 0 Å². The van der Waals surface area contributed by atoms with Crippen molar-refractivity contribution in [3.05, 3.63) is 60.7 Å². The Morgan fingerprint density at radius 3 is 1.03 bits per heavy atom. The molecule has 0 atom stereocenters. The zero-order chi connectivity index (χ0) is 23.5. The Morgan fingerprint density at radius 1 is 0.412 bits per heavy atom. The minimum Gasteiger partial charge on any atom is -1.00 e. The largest absolute Gasteiger partial charge is 1.00 e. The summed E-state index contributed by atoms with van der Waals surface area (Å²) in [5.74, 6) is 0. The normalized spacial score (nSPS) is 11.4. The van der Waals surface area contributed by atoms with Crippen LogP contribution in [0.2, 0.25) is 0 Å². The molecule has 0 aromatic heterocycles. The predicted molar refractivity (Wildman–Crippen MR) is 154 cm³/mol. The van der Waals surface area contributed by atoms with Gasteiger partial charge < -0.3 is 17.0 Å². The maximum Gasteiger partial charge on any atom is 0.0991 e. The van der Waals surface area contributed by atoms with E-state index >= 15 is 0 Å². The fraction of sp³-hybridized carbons (Fsp3) is 0.625. The number of hydrogen-bond acceptors (Lipinski definition) is 0. The molecule has 0 aliphatic carbocycles. The van der Waals surface area contributed by atoms with Gasteiger partial charge in [-0.1, -0.05) is 127 Å². The number of benzene rings is 2. The summed E-state index contributed by atoms with van der Waals surface area (Å²) in [7, 11) is -1.33. The van der Waals surface area contributed by atoms with Gasteiger partial charge in [0, 0.05) is 0 Å². The molecule has 0 heterocycles. The second kappa shape index (κ2) is 20.5. The van der Waals surface area contributed by atoms with Gasteiger partial charge in [0.1, 0.15) is 0 Å². The molecule has 0 aliphatic rings. The van der Waals surface area contributed by atoms with Crippen molar-refractivity contribution in [1.29, 1.82) is 0 Å². The smallest absolute Gasteiger partial charge is 0.0991 e. The van der Waals surface area contributed by atoms with Crippen molar-refractivity contribution >= 4 is 17.9 Å². The maximum atomic E-state index is 2.44. The molecular formula is C32H52BrP. The quantitative estimate of drug-likeness (QED) is 0.124. The highest BCUT2D eigenvalue weighted by molar-refractivity contribution is 7.89. The van der Waals surface area contributed by atoms with E-state index in [0.29, 0.717) is 0 Å². The highest BCUT2D eigenvalue weighted by Crippen LogP contribution is 2.57. The van der Waals surface area contributed by atoms with Gasteiger partial charge in [-0.2, -0.15) is 0 Å². The summed E-state index contributed by atoms with van der Waals surface area (Å²) in [5.41, 5.74) is 0. The standard InChI is InChI=1S/C32H52P.BrH/c1-3-5-7-9-11-13-15-23-29-33(31-25-19-17-20-26-31,32-27-21-18-22-28-32)30-24-16-14-12-10-8-6-4-2;/h17-22,25-28H,3-16,23-24,29-30H2,1-2H3;1H/q+1;/p-1. The van der Waals surface area contributed by atoms with Crippen LogP contribution in [0.5, 0.6) is 0 Å². The molecule has 0 amide bonds. The van der Waals surface area contributed by atoms with Crippen molar-refractivity contribution in [2.75, 3.05) is 12.3 Å². The Labute approximate surface area is 223 Å². The molecular weight excluding hydrogens is 495 g/mol. The van der Waals surface area contributed by atoms with Crippen LogP contribution in [0, 0.1) is 0 Å². The molecule has 0 saturated carbocycles. The summed E-state index contributed by atoms with van der Waals surface area (Å²) in [6.45, 7) is 4.62. The van der Waals surface area contributed by atoms with Gasteiger partial charge >= 0.3 is 0 Å². The first-order chi connectivity index (χ1) is 16.3. The van der Waals surface area contributed by atoms with Crippen LogP contribution in [0.25, 0.3) is 0 Å². The maximum absolute atomic E-state index is 2.44. The summed E-state index contributed by atoms with van der Waals surface area (Å²) in [5, 5.41) is 3.28. The molecule has 0 bridgehead atoms. The lowest BCUT2D eigenvalue weighted by Gasteiger charge is -2.28. The lowest BCUT2D eigenvalue weighted by molar-refractivity contribution is -0.00000701. The zero-order valence-corrected chi connectivity index (χ0v) is 24.8. The second-order valence-corrected chi connectivity index (χ2v) is 13.9. The lowest BCUT2D eigenvalue weighted by Crippen LogP contribution is -3.00. The van der Waals surface area contributed by atoms with Crippen molar-refractivity contribution in [1.82, 2.24) is 0 Å². The van der Waals surface area contributed by atoms with Gasteiger partial charge in [-0.25, -0.2) is 0 Å². The molecule has 0 aliphatic heterocycles. The van der Waals surface area contributed by atoms with Crippen LogP contribution >= 0.6 is 7.26 Å². The summed E-state index contributed by atoms with van der Waals surface area (Å²) < 4.78 is 0. The summed E-state index contributed by atoms with van der Waals surface area (Å²) in [6, 6.07) is 23.2. The summed E-state index contributed by atoms with van der Waals surface area (Å²) >= 11 is 0. The van der Waals surface area contributed by atoms with Gasteiger partial charge in [0.05, 0.1) is 30.2 Å². The van der Waals surface area contributed by atoms with Gasteiger partial charge in [-0.15, -0.1) is 0 Å². The van der Waals surface area contributed by atoms with Crippen LogP contribution in [0.3, 0.4) is 0 Å². The van der Waals surface area contributed by atoms with Gasteiger partial charge in [0.15, 0.2) is 0 Å². The molecule has 34 heavy (non-hydrogen) atoms. The van der Waals surface area contributed by atoms with E-state index in [-0.39, 0.29) is 17.0 Å². The number of rotatable bonds is 20. The molecule has 2 aromatic carbocycles. The SMILES string of the molecule is CCCCCCCCCC[P+](CCCCCCCCCC)(c1ccccc1)c1ccccc1.[Br-]. The van der Waals surface area contributed by atoms with E-state index in [0.717, 1.165) is 0 Å². The Balaban J connectivity index is 0.00000578. The molecule has 0 saturated heterocycles. The number of hydrogen-bond donors (Lipinski definition) is 0. The average molecular weight is 548 g/mol. The molecule has 192 valence electrons. The average Bonchev–Trinajstić information content (AvgIpc) is 2.87. The fourth-order valence-corrected chi connectivity index (χ4v) is 9.80. The third-order valence-corrected chi connectivity index (χ3v) is 12.0. The van der Waals surface area contributed by atoms with E-state index in [9.17, 15) is 0 Å². The Morgan fingerprint density at radius 2 is 0.706 bits per heavy atom. The van der Waals surface area contributed by atoms with Gasteiger partial charge in [0.25, 0.3) is 0 Å². The monoisotopic (exact) mass is 546 g/mol. The van der Waals surface area contributed by atoms with Crippen molar-refractivity contribution < 1.29 is 17.0 Å². The van der Waals surface area contributed by atoms with E-state index < -0.39 is 7.26 Å². The van der Waals surface area contributed by atoms with Crippen molar-refractivity contribution in [2.45, 2.75) is 117 Å². The van der Waals surface area contributed by atoms with Gasteiger partial charge in [-0.05, 0) is 49.9 Å².